The number of rotatable bonds is 9. The number of fused-ring (bicyclic) bond motifs is 4. The van der Waals surface area contributed by atoms with Crippen molar-refractivity contribution in [2.24, 2.45) is 0 Å². The van der Waals surface area contributed by atoms with Gasteiger partial charge in [-0.25, -0.2) is 0 Å². The lowest BCUT2D eigenvalue weighted by molar-refractivity contribution is 0.768. The van der Waals surface area contributed by atoms with Crippen LogP contribution in [0, 0.1) is 0 Å². The first kappa shape index (κ1) is 34.9. The molecule has 1 nitrogen and oxygen atoms in total. The molecule has 12 rings (SSSR count). The molecule has 11 aromatic rings. The van der Waals surface area contributed by atoms with Crippen molar-refractivity contribution in [1.82, 2.24) is 0 Å². The maximum absolute atomic E-state index is 9.92. The lowest BCUT2D eigenvalue weighted by Crippen LogP contribution is -2.28. The predicted molar refractivity (Wildman–Crippen MR) is 278 cm³/mol. The predicted octanol–water partition coefficient (Wildman–Crippen LogP) is 17.3. The molecule has 0 saturated carbocycles. The quantitative estimate of drug-likeness (QED) is 0.140. The van der Waals surface area contributed by atoms with Crippen molar-refractivity contribution in [2.45, 2.75) is 5.41 Å². The molecule has 0 atom stereocenters. The van der Waals surface area contributed by atoms with Gasteiger partial charge in [-0.15, -0.1) is 0 Å². The van der Waals surface area contributed by atoms with Crippen LogP contribution in [-0.4, -0.2) is 0 Å². The Morgan fingerprint density at radius 3 is 1.47 bits per heavy atom. The number of hydrogen-bond donors (Lipinski definition) is 0. The Hall–Kier alpha value is -8.52. The summed E-state index contributed by atoms with van der Waals surface area (Å²) in [5.41, 5.74) is 14.8. The zero-order valence-corrected chi connectivity index (χ0v) is 36.1. The molecule has 0 spiro atoms. The molecule has 0 aromatic heterocycles. The van der Waals surface area contributed by atoms with Crippen molar-refractivity contribution >= 4 is 27.8 Å². The van der Waals surface area contributed by atoms with Crippen LogP contribution in [0.15, 0.2) is 273 Å². The van der Waals surface area contributed by atoms with Gasteiger partial charge >= 0.3 is 0 Å². The fourth-order valence-electron chi connectivity index (χ4n) is 10.1. The number of benzene rings is 11. The van der Waals surface area contributed by atoms with Crippen molar-refractivity contribution in [3.05, 3.63) is 295 Å². The first-order chi connectivity index (χ1) is 34.4. The van der Waals surface area contributed by atoms with E-state index >= 15 is 0 Å². The van der Waals surface area contributed by atoms with Gasteiger partial charge in [-0.3, -0.25) is 0 Å². The summed E-state index contributed by atoms with van der Waals surface area (Å²) < 4.78 is 39.3. The second kappa shape index (κ2) is 16.6. The molecule has 0 aliphatic heterocycles. The van der Waals surface area contributed by atoms with Crippen LogP contribution in [0.25, 0.3) is 66.4 Å². The van der Waals surface area contributed by atoms with Gasteiger partial charge in [0.25, 0.3) is 0 Å². The molecule has 11 aromatic carbocycles. The lowest BCUT2D eigenvalue weighted by atomic mass is 9.67. The Morgan fingerprint density at radius 2 is 0.773 bits per heavy atom. The van der Waals surface area contributed by atoms with E-state index in [-0.39, 0.29) is 35.4 Å². The van der Waals surface area contributed by atoms with Gasteiger partial charge in [0.1, 0.15) is 0 Å². The Bertz CT molecular complexity index is 3670. The SMILES string of the molecule is [2H]c1c([2H])c(N(c2ccc(-c3ccc(-c4ccccc4)cc3)cc2)c2ccc3c(c2)C(c2ccccc2)(c2ccccc2)c2ccccc2-3)c([2H])c([2H])c1-c1cccc(-c2cccc3ccccc23)c1. The summed E-state index contributed by atoms with van der Waals surface area (Å²) in [5, 5.41) is 2.22. The van der Waals surface area contributed by atoms with Crippen LogP contribution in [0.2, 0.25) is 0 Å². The summed E-state index contributed by atoms with van der Waals surface area (Å²) in [6.45, 7) is 0. The topological polar surface area (TPSA) is 3.24 Å². The van der Waals surface area contributed by atoms with Gasteiger partial charge < -0.3 is 4.90 Å². The summed E-state index contributed by atoms with van der Waals surface area (Å²) in [7, 11) is 0. The van der Waals surface area contributed by atoms with Crippen molar-refractivity contribution in [2.75, 3.05) is 4.90 Å². The van der Waals surface area contributed by atoms with E-state index in [1.165, 1.54) is 5.56 Å². The van der Waals surface area contributed by atoms with E-state index in [0.717, 1.165) is 72.0 Å². The minimum atomic E-state index is -0.695. The third kappa shape index (κ3) is 6.73. The Labute approximate surface area is 392 Å². The first-order valence-corrected chi connectivity index (χ1v) is 22.5. The summed E-state index contributed by atoms with van der Waals surface area (Å²) in [6, 6.07) is 85.3. The zero-order chi connectivity index (χ0) is 47.3. The molecule has 310 valence electrons. The summed E-state index contributed by atoms with van der Waals surface area (Å²) in [4.78, 5) is 1.92. The van der Waals surface area contributed by atoms with E-state index in [9.17, 15) is 5.48 Å². The molecule has 0 N–H and O–H groups in total. The Kier molecular flexibility index (Phi) is 8.75. The van der Waals surface area contributed by atoms with Gasteiger partial charge in [-0.2, -0.15) is 0 Å². The highest BCUT2D eigenvalue weighted by Crippen LogP contribution is 2.57. The largest absolute Gasteiger partial charge is 0.310 e. The average molecular weight is 844 g/mol. The van der Waals surface area contributed by atoms with Crippen LogP contribution in [0.4, 0.5) is 17.1 Å². The van der Waals surface area contributed by atoms with Crippen LogP contribution < -0.4 is 4.90 Å². The van der Waals surface area contributed by atoms with Gasteiger partial charge in [0.05, 0.1) is 10.9 Å². The van der Waals surface area contributed by atoms with Crippen LogP contribution >= 0.6 is 0 Å². The fraction of sp³-hybridized carbons (Fsp3) is 0.0154. The van der Waals surface area contributed by atoms with E-state index in [1.54, 1.807) is 0 Å². The summed E-state index contributed by atoms with van der Waals surface area (Å²) >= 11 is 0. The van der Waals surface area contributed by atoms with Gasteiger partial charge in [-0.1, -0.05) is 230 Å². The summed E-state index contributed by atoms with van der Waals surface area (Å²) in [5.74, 6) is 0. The zero-order valence-electron chi connectivity index (χ0n) is 40.1. The molecule has 0 heterocycles. The van der Waals surface area contributed by atoms with Gasteiger partial charge in [0.15, 0.2) is 0 Å². The minimum Gasteiger partial charge on any atom is -0.310 e. The molecule has 0 amide bonds. The van der Waals surface area contributed by atoms with E-state index in [1.807, 2.05) is 77.7 Å². The highest BCUT2D eigenvalue weighted by atomic mass is 15.1. The number of hydrogen-bond acceptors (Lipinski definition) is 1. The Morgan fingerprint density at radius 1 is 0.288 bits per heavy atom. The van der Waals surface area contributed by atoms with Gasteiger partial charge in [-0.05, 0) is 131 Å². The van der Waals surface area contributed by atoms with E-state index in [0.29, 0.717) is 16.9 Å². The van der Waals surface area contributed by atoms with E-state index < -0.39 is 5.41 Å². The normalized spacial score (nSPS) is 13.2. The third-order valence-corrected chi connectivity index (χ3v) is 13.2. The summed E-state index contributed by atoms with van der Waals surface area (Å²) in [6.07, 6.45) is 0. The van der Waals surface area contributed by atoms with E-state index in [2.05, 4.69) is 176 Å². The van der Waals surface area contributed by atoms with Crippen LogP contribution in [0.3, 0.4) is 0 Å². The van der Waals surface area contributed by atoms with Crippen LogP contribution in [-0.2, 0) is 5.41 Å². The first-order valence-electron chi connectivity index (χ1n) is 24.5. The second-order valence-corrected chi connectivity index (χ2v) is 16.9. The third-order valence-electron chi connectivity index (χ3n) is 13.2. The lowest BCUT2D eigenvalue weighted by Gasteiger charge is -2.35. The molecule has 0 bridgehead atoms. The molecule has 1 heteroatoms. The monoisotopic (exact) mass is 843 g/mol. The molecule has 0 fully saturated rings. The van der Waals surface area contributed by atoms with Gasteiger partial charge in [0.2, 0.25) is 0 Å². The van der Waals surface area contributed by atoms with Crippen molar-refractivity contribution in [3.63, 3.8) is 0 Å². The molecule has 1 aliphatic carbocycles. The molecular weight excluding hydrogens is 795 g/mol. The van der Waals surface area contributed by atoms with Crippen LogP contribution in [0.1, 0.15) is 27.7 Å². The molecule has 1 aliphatic rings. The smallest absolute Gasteiger partial charge is 0.0714 e. The fourth-order valence-corrected chi connectivity index (χ4v) is 10.1. The highest BCUT2D eigenvalue weighted by Gasteiger charge is 2.46. The van der Waals surface area contributed by atoms with Crippen molar-refractivity contribution < 1.29 is 5.48 Å². The molecule has 0 radical (unpaired) electrons. The molecule has 0 unspecified atom stereocenters. The van der Waals surface area contributed by atoms with Crippen molar-refractivity contribution in [3.8, 4) is 55.6 Å². The molecular formula is C65H45N. The minimum absolute atomic E-state index is 0.109. The maximum Gasteiger partial charge on any atom is 0.0714 e. The second-order valence-electron chi connectivity index (χ2n) is 16.9. The maximum atomic E-state index is 9.92. The van der Waals surface area contributed by atoms with Crippen molar-refractivity contribution in [1.29, 1.82) is 0 Å². The highest BCUT2D eigenvalue weighted by molar-refractivity contribution is 5.97. The number of anilines is 3. The average Bonchev–Trinajstić information content (AvgIpc) is 3.73. The molecule has 66 heavy (non-hydrogen) atoms. The standard InChI is InChI=1S/C65H45N/c1-4-16-46(17-5-1)47-30-32-48(33-31-47)49-34-38-56(39-35-49)66(57-40-36-50(37-41-57)52-20-14-21-53(44-52)60-28-15-19-51-18-10-11-26-59(51)60)58-42-43-62-61-27-12-13-29-63(61)65(64(62)45-58,54-22-6-2-7-23-54)55-24-8-3-9-25-55/h1-45H/i36D,37D,40D,41D. The Balaban J connectivity index is 1.05. The number of nitrogens with zero attached hydrogens (tertiary/aromatic N) is 1. The van der Waals surface area contributed by atoms with Crippen LogP contribution in [0.5, 0.6) is 0 Å². The molecule has 0 saturated heterocycles. The van der Waals surface area contributed by atoms with E-state index in [4.69, 9.17) is 0 Å². The van der Waals surface area contributed by atoms with Gasteiger partial charge in [0, 0.05) is 17.1 Å².